The van der Waals surface area contributed by atoms with E-state index in [1.54, 1.807) is 18.5 Å². The van der Waals surface area contributed by atoms with Gasteiger partial charge in [-0.2, -0.15) is 0 Å². The maximum atomic E-state index is 14.1. The second-order valence-electron chi connectivity index (χ2n) is 8.90. The molecule has 0 saturated carbocycles. The normalized spacial score (nSPS) is 16.7. The molecule has 2 atom stereocenters. The molecule has 2 unspecified atom stereocenters. The Balaban J connectivity index is 1.32. The molecule has 174 valence electrons. The number of furan rings is 1. The van der Waals surface area contributed by atoms with Crippen molar-refractivity contribution in [2.24, 2.45) is 0 Å². The van der Waals surface area contributed by atoms with E-state index >= 15 is 0 Å². The summed E-state index contributed by atoms with van der Waals surface area (Å²) in [7, 11) is 0. The third-order valence-corrected chi connectivity index (χ3v) is 6.77. The number of hydrogen-bond acceptors (Lipinski definition) is 4. The van der Waals surface area contributed by atoms with Gasteiger partial charge < -0.3 is 9.52 Å². The predicted molar refractivity (Wildman–Crippen MR) is 133 cm³/mol. The minimum atomic E-state index is -0.611. The second kappa shape index (κ2) is 10.3. The Bertz CT molecular complexity index is 1250. The lowest BCUT2D eigenvalue weighted by atomic mass is 9.89. The molecule has 2 aromatic carbocycles. The van der Waals surface area contributed by atoms with Crippen LogP contribution in [0.3, 0.4) is 0 Å². The zero-order chi connectivity index (χ0) is 23.3. The molecule has 2 aromatic heterocycles. The zero-order valence-corrected chi connectivity index (χ0v) is 19.1. The molecule has 0 amide bonds. The van der Waals surface area contributed by atoms with Crippen molar-refractivity contribution >= 4 is 16.5 Å². The molecule has 0 bridgehead atoms. The van der Waals surface area contributed by atoms with Gasteiger partial charge in [-0.25, -0.2) is 4.39 Å². The van der Waals surface area contributed by atoms with Crippen LogP contribution in [-0.2, 0) is 0 Å². The van der Waals surface area contributed by atoms with Gasteiger partial charge in [0.1, 0.15) is 11.4 Å². The molecule has 0 fully saturated rings. The Kier molecular flexibility index (Phi) is 6.84. The highest BCUT2D eigenvalue weighted by Gasteiger charge is 2.25. The SMILES string of the molecule is OC(c1ccccc1)C(CCN1CC=C(c2ccc(F)c3ccoc23)CCC1)c1ccccn1. The van der Waals surface area contributed by atoms with Crippen molar-refractivity contribution in [1.29, 1.82) is 0 Å². The van der Waals surface area contributed by atoms with Crippen LogP contribution in [-0.4, -0.2) is 34.6 Å². The van der Waals surface area contributed by atoms with Crippen molar-refractivity contribution in [2.45, 2.75) is 31.3 Å². The van der Waals surface area contributed by atoms with Crippen LogP contribution in [0.2, 0.25) is 0 Å². The summed E-state index contributed by atoms with van der Waals surface area (Å²) < 4.78 is 19.7. The van der Waals surface area contributed by atoms with Gasteiger partial charge >= 0.3 is 0 Å². The quantitative estimate of drug-likeness (QED) is 0.352. The van der Waals surface area contributed by atoms with E-state index in [1.165, 1.54) is 11.6 Å². The fourth-order valence-electron chi connectivity index (χ4n) is 4.92. The Labute approximate surface area is 199 Å². The first-order valence-electron chi connectivity index (χ1n) is 11.9. The van der Waals surface area contributed by atoms with Crippen LogP contribution >= 0.6 is 0 Å². The number of hydrogen-bond donors (Lipinski definition) is 1. The van der Waals surface area contributed by atoms with Gasteiger partial charge in [-0.15, -0.1) is 0 Å². The number of rotatable bonds is 7. The number of aromatic nitrogens is 1. The lowest BCUT2D eigenvalue weighted by Crippen LogP contribution is -2.28. The van der Waals surface area contributed by atoms with Crippen LogP contribution in [0, 0.1) is 5.82 Å². The highest BCUT2D eigenvalue weighted by atomic mass is 19.1. The molecule has 0 radical (unpaired) electrons. The van der Waals surface area contributed by atoms with E-state index in [0.717, 1.165) is 55.7 Å². The van der Waals surface area contributed by atoms with Crippen molar-refractivity contribution in [3.05, 3.63) is 108 Å². The number of pyridine rings is 1. The Morgan fingerprint density at radius 1 is 1.03 bits per heavy atom. The summed E-state index contributed by atoms with van der Waals surface area (Å²) in [4.78, 5) is 6.98. The Morgan fingerprint density at radius 2 is 1.88 bits per heavy atom. The standard InChI is InChI=1S/C29H29FN2O2/c30-26-12-11-23(29-24(26)15-20-34-29)21-9-6-17-32(18-13-21)19-14-25(27-10-4-5-16-31-27)28(33)22-7-2-1-3-8-22/h1-5,7-8,10-13,15-16,20,25,28,33H,6,9,14,17-19H2. The van der Waals surface area contributed by atoms with Gasteiger partial charge in [0, 0.05) is 29.9 Å². The Hall–Kier alpha value is -3.28. The average Bonchev–Trinajstić information content (AvgIpc) is 3.27. The molecule has 0 aliphatic carbocycles. The molecule has 4 nitrogen and oxygen atoms in total. The van der Waals surface area contributed by atoms with E-state index < -0.39 is 6.10 Å². The summed E-state index contributed by atoms with van der Waals surface area (Å²) in [5.41, 5.74) is 4.63. The molecule has 1 N–H and O–H groups in total. The molecule has 1 aliphatic rings. The van der Waals surface area contributed by atoms with Crippen LogP contribution in [0.25, 0.3) is 16.5 Å². The summed E-state index contributed by atoms with van der Waals surface area (Å²) in [6, 6.07) is 20.8. The topological polar surface area (TPSA) is 49.5 Å². The predicted octanol–water partition coefficient (Wildman–Crippen LogP) is 6.35. The molecular formula is C29H29FN2O2. The van der Waals surface area contributed by atoms with Crippen molar-refractivity contribution in [3.8, 4) is 0 Å². The first kappa shape index (κ1) is 22.5. The van der Waals surface area contributed by atoms with Crippen LogP contribution in [0.4, 0.5) is 4.39 Å². The van der Waals surface area contributed by atoms with E-state index in [2.05, 4.69) is 16.0 Å². The maximum Gasteiger partial charge on any atom is 0.144 e. The largest absolute Gasteiger partial charge is 0.464 e. The summed E-state index contributed by atoms with van der Waals surface area (Å²) in [5, 5.41) is 11.7. The lowest BCUT2D eigenvalue weighted by molar-refractivity contribution is 0.130. The number of aliphatic hydroxyl groups is 1. The van der Waals surface area contributed by atoms with Crippen LogP contribution < -0.4 is 0 Å². The summed E-state index contributed by atoms with van der Waals surface area (Å²) in [5.74, 6) is -0.337. The van der Waals surface area contributed by atoms with E-state index in [1.807, 2.05) is 54.6 Å². The van der Waals surface area contributed by atoms with Gasteiger partial charge in [-0.05, 0) is 73.8 Å². The smallest absolute Gasteiger partial charge is 0.144 e. The van der Waals surface area contributed by atoms with Crippen LogP contribution in [0.15, 0.2) is 89.7 Å². The van der Waals surface area contributed by atoms with E-state index in [4.69, 9.17) is 4.42 Å². The molecule has 0 saturated heterocycles. The first-order chi connectivity index (χ1) is 16.7. The fraction of sp³-hybridized carbons (Fsp3) is 0.276. The number of aliphatic hydroxyl groups excluding tert-OH is 1. The molecule has 4 aromatic rings. The highest BCUT2D eigenvalue weighted by molar-refractivity contribution is 5.90. The number of nitrogens with zero attached hydrogens (tertiary/aromatic N) is 2. The minimum Gasteiger partial charge on any atom is -0.464 e. The van der Waals surface area contributed by atoms with E-state index in [-0.39, 0.29) is 11.7 Å². The number of benzene rings is 2. The zero-order valence-electron chi connectivity index (χ0n) is 19.1. The number of halogens is 1. The Morgan fingerprint density at radius 3 is 2.71 bits per heavy atom. The third-order valence-electron chi connectivity index (χ3n) is 6.77. The second-order valence-corrected chi connectivity index (χ2v) is 8.90. The van der Waals surface area contributed by atoms with E-state index in [0.29, 0.717) is 11.0 Å². The van der Waals surface area contributed by atoms with Crippen molar-refractivity contribution in [3.63, 3.8) is 0 Å². The first-order valence-corrected chi connectivity index (χ1v) is 11.9. The molecule has 1 aliphatic heterocycles. The van der Waals surface area contributed by atoms with Crippen LogP contribution in [0.1, 0.15) is 48.1 Å². The van der Waals surface area contributed by atoms with Gasteiger partial charge in [-0.3, -0.25) is 9.88 Å². The lowest BCUT2D eigenvalue weighted by Gasteiger charge is -2.26. The van der Waals surface area contributed by atoms with Crippen LogP contribution in [0.5, 0.6) is 0 Å². The van der Waals surface area contributed by atoms with Crippen molar-refractivity contribution < 1.29 is 13.9 Å². The monoisotopic (exact) mass is 456 g/mol. The van der Waals surface area contributed by atoms with E-state index in [9.17, 15) is 9.50 Å². The molecular weight excluding hydrogens is 427 g/mol. The highest BCUT2D eigenvalue weighted by Crippen LogP contribution is 2.34. The molecule has 5 rings (SSSR count). The summed E-state index contributed by atoms with van der Waals surface area (Å²) in [6.07, 6.45) is 7.71. The summed E-state index contributed by atoms with van der Waals surface area (Å²) >= 11 is 0. The number of allylic oxidation sites excluding steroid dienone is 1. The number of fused-ring (bicyclic) bond motifs is 1. The van der Waals surface area contributed by atoms with Gasteiger partial charge in [0.05, 0.1) is 17.8 Å². The third kappa shape index (κ3) is 4.81. The molecule has 3 heterocycles. The molecule has 34 heavy (non-hydrogen) atoms. The minimum absolute atomic E-state index is 0.0878. The van der Waals surface area contributed by atoms with Gasteiger partial charge in [0.15, 0.2) is 0 Å². The van der Waals surface area contributed by atoms with Gasteiger partial charge in [0.2, 0.25) is 0 Å². The molecule has 0 spiro atoms. The van der Waals surface area contributed by atoms with Crippen molar-refractivity contribution in [2.75, 3.05) is 19.6 Å². The van der Waals surface area contributed by atoms with Crippen molar-refractivity contribution in [1.82, 2.24) is 9.88 Å². The summed E-state index contributed by atoms with van der Waals surface area (Å²) in [6.45, 7) is 2.64. The molecule has 5 heteroatoms. The maximum absolute atomic E-state index is 14.1. The fourth-order valence-corrected chi connectivity index (χ4v) is 4.92. The van der Waals surface area contributed by atoms with Gasteiger partial charge in [0.25, 0.3) is 0 Å². The van der Waals surface area contributed by atoms with Gasteiger partial charge in [-0.1, -0.05) is 42.5 Å². The average molecular weight is 457 g/mol.